The molecule has 0 aliphatic carbocycles. The molecule has 0 aliphatic rings. The van der Waals surface area contributed by atoms with Gasteiger partial charge in [0, 0.05) is 5.56 Å². The normalized spacial score (nSPS) is 9.86. The van der Waals surface area contributed by atoms with Crippen molar-refractivity contribution in [3.63, 3.8) is 0 Å². The lowest BCUT2D eigenvalue weighted by Gasteiger charge is -2.20. The molecule has 1 amide bonds. The Morgan fingerprint density at radius 1 is 1.14 bits per heavy atom. The van der Waals surface area contributed by atoms with Crippen LogP contribution in [-0.2, 0) is 19.1 Å². The van der Waals surface area contributed by atoms with Crippen molar-refractivity contribution in [2.75, 3.05) is 33.0 Å². The summed E-state index contributed by atoms with van der Waals surface area (Å²) in [5, 5.41) is 0. The summed E-state index contributed by atoms with van der Waals surface area (Å²) in [6.07, 6.45) is 0. The zero-order valence-corrected chi connectivity index (χ0v) is 11.6. The van der Waals surface area contributed by atoms with Gasteiger partial charge in [0.2, 0.25) is 0 Å². The van der Waals surface area contributed by atoms with Gasteiger partial charge in [0.25, 0.3) is 5.91 Å². The molecule has 0 heterocycles. The van der Waals surface area contributed by atoms with Crippen LogP contribution < -0.4 is 5.73 Å². The molecule has 114 valence electrons. The average Bonchev–Trinajstić information content (AvgIpc) is 2.48. The minimum atomic E-state index is -0.767. The number of nitrogens with two attached hydrogens (primary N) is 1. The number of halogens is 1. The number of carbonyl (C=O) groups excluding carboxylic acids is 3. The van der Waals surface area contributed by atoms with Crippen LogP contribution in [0.2, 0.25) is 0 Å². The van der Waals surface area contributed by atoms with Crippen molar-refractivity contribution in [1.29, 1.82) is 0 Å². The summed E-state index contributed by atoms with van der Waals surface area (Å²) in [6, 6.07) is 3.44. The molecule has 0 aromatic heterocycles. The third-order valence-electron chi connectivity index (χ3n) is 2.63. The molecular weight excluding hydrogens is 283 g/mol. The van der Waals surface area contributed by atoms with E-state index in [4.69, 9.17) is 5.73 Å². The van der Waals surface area contributed by atoms with Crippen molar-refractivity contribution in [1.82, 2.24) is 4.90 Å². The van der Waals surface area contributed by atoms with Crippen molar-refractivity contribution in [3.8, 4) is 0 Å². The summed E-state index contributed by atoms with van der Waals surface area (Å²) < 4.78 is 22.3. The Hall–Kier alpha value is -2.64. The van der Waals surface area contributed by atoms with Gasteiger partial charge in [-0.15, -0.1) is 0 Å². The summed E-state index contributed by atoms with van der Waals surface area (Å²) in [5.74, 6) is -2.92. The van der Waals surface area contributed by atoms with E-state index in [1.165, 1.54) is 12.1 Å². The third-order valence-corrected chi connectivity index (χ3v) is 2.63. The molecule has 0 unspecified atom stereocenters. The molecule has 0 bridgehead atoms. The zero-order chi connectivity index (χ0) is 16.0. The molecule has 0 saturated heterocycles. The smallest absolute Gasteiger partial charge is 0.325 e. The SMILES string of the molecule is COC(=O)CN(CC(=O)OC)C(=O)c1ccc(N)c(F)c1. The van der Waals surface area contributed by atoms with Gasteiger partial charge in [-0.05, 0) is 18.2 Å². The zero-order valence-electron chi connectivity index (χ0n) is 11.6. The predicted octanol–water partition coefficient (Wildman–Crippen LogP) is 0.196. The lowest BCUT2D eigenvalue weighted by atomic mass is 10.1. The number of nitrogen functional groups attached to an aromatic ring is 1. The summed E-state index contributed by atoms with van der Waals surface area (Å²) in [6.45, 7) is -0.924. The van der Waals surface area contributed by atoms with Crippen LogP contribution in [0.15, 0.2) is 18.2 Å². The van der Waals surface area contributed by atoms with Crippen LogP contribution in [0.1, 0.15) is 10.4 Å². The number of hydrogen-bond donors (Lipinski definition) is 1. The van der Waals surface area contributed by atoms with Crippen molar-refractivity contribution in [2.24, 2.45) is 0 Å². The Balaban J connectivity index is 2.99. The van der Waals surface area contributed by atoms with E-state index in [9.17, 15) is 18.8 Å². The van der Waals surface area contributed by atoms with Gasteiger partial charge >= 0.3 is 11.9 Å². The number of rotatable bonds is 5. The maximum Gasteiger partial charge on any atom is 0.325 e. The van der Waals surface area contributed by atoms with Crippen LogP contribution in [0.4, 0.5) is 10.1 Å². The molecule has 1 rings (SSSR count). The summed E-state index contributed by atoms with van der Waals surface area (Å²) in [4.78, 5) is 35.7. The van der Waals surface area contributed by atoms with Gasteiger partial charge in [-0.2, -0.15) is 0 Å². The van der Waals surface area contributed by atoms with Crippen LogP contribution in [0, 0.1) is 5.82 Å². The van der Waals surface area contributed by atoms with E-state index in [0.29, 0.717) is 0 Å². The van der Waals surface area contributed by atoms with Gasteiger partial charge in [-0.3, -0.25) is 14.4 Å². The van der Waals surface area contributed by atoms with E-state index in [0.717, 1.165) is 25.2 Å². The van der Waals surface area contributed by atoms with E-state index in [2.05, 4.69) is 9.47 Å². The number of ether oxygens (including phenoxy) is 2. The Morgan fingerprint density at radius 3 is 2.10 bits per heavy atom. The quantitative estimate of drug-likeness (QED) is 0.615. The molecule has 0 fully saturated rings. The number of benzene rings is 1. The minimum Gasteiger partial charge on any atom is -0.468 e. The molecule has 0 radical (unpaired) electrons. The van der Waals surface area contributed by atoms with Gasteiger partial charge < -0.3 is 20.1 Å². The third kappa shape index (κ3) is 4.44. The second-order valence-corrected chi connectivity index (χ2v) is 4.05. The van der Waals surface area contributed by atoms with Crippen molar-refractivity contribution in [2.45, 2.75) is 0 Å². The first-order valence-corrected chi connectivity index (χ1v) is 5.87. The van der Waals surface area contributed by atoms with E-state index < -0.39 is 36.8 Å². The average molecular weight is 298 g/mol. The fourth-order valence-electron chi connectivity index (χ4n) is 1.48. The highest BCUT2D eigenvalue weighted by atomic mass is 19.1. The van der Waals surface area contributed by atoms with Crippen molar-refractivity contribution < 1.29 is 28.2 Å². The van der Waals surface area contributed by atoms with Crippen LogP contribution in [-0.4, -0.2) is 50.1 Å². The van der Waals surface area contributed by atoms with Crippen LogP contribution >= 0.6 is 0 Å². The van der Waals surface area contributed by atoms with Crippen molar-refractivity contribution >= 4 is 23.5 Å². The number of esters is 2. The number of carbonyl (C=O) groups is 3. The summed E-state index contributed by atoms with van der Waals surface area (Å²) in [5.41, 5.74) is 5.16. The lowest BCUT2D eigenvalue weighted by molar-refractivity contribution is -0.144. The Bertz CT molecular complexity index is 543. The number of anilines is 1. The highest BCUT2D eigenvalue weighted by Crippen LogP contribution is 2.14. The number of amides is 1. The lowest BCUT2D eigenvalue weighted by Crippen LogP contribution is -2.40. The number of methoxy groups -OCH3 is 2. The predicted molar refractivity (Wildman–Crippen MR) is 70.7 cm³/mol. The van der Waals surface area contributed by atoms with Gasteiger partial charge in [0.05, 0.1) is 19.9 Å². The van der Waals surface area contributed by atoms with Gasteiger partial charge in [-0.1, -0.05) is 0 Å². The van der Waals surface area contributed by atoms with Gasteiger partial charge in [0.15, 0.2) is 0 Å². The maximum atomic E-state index is 13.4. The van der Waals surface area contributed by atoms with Crippen LogP contribution in [0.25, 0.3) is 0 Å². The minimum absolute atomic E-state index is 0.0468. The van der Waals surface area contributed by atoms with Crippen LogP contribution in [0.5, 0.6) is 0 Å². The second kappa shape index (κ2) is 7.22. The van der Waals surface area contributed by atoms with Crippen LogP contribution in [0.3, 0.4) is 0 Å². The molecule has 0 aliphatic heterocycles. The van der Waals surface area contributed by atoms with Gasteiger partial charge in [-0.25, -0.2) is 4.39 Å². The molecule has 1 aromatic rings. The largest absolute Gasteiger partial charge is 0.468 e. The molecule has 1 aromatic carbocycles. The van der Waals surface area contributed by atoms with E-state index in [1.54, 1.807) is 0 Å². The van der Waals surface area contributed by atoms with E-state index in [1.807, 2.05) is 0 Å². The highest BCUT2D eigenvalue weighted by Gasteiger charge is 2.23. The molecule has 21 heavy (non-hydrogen) atoms. The second-order valence-electron chi connectivity index (χ2n) is 4.05. The molecular formula is C13H15FN2O5. The Kier molecular flexibility index (Phi) is 5.65. The van der Waals surface area contributed by atoms with E-state index in [-0.39, 0.29) is 11.3 Å². The van der Waals surface area contributed by atoms with E-state index >= 15 is 0 Å². The fraction of sp³-hybridized carbons (Fsp3) is 0.308. The van der Waals surface area contributed by atoms with Crippen molar-refractivity contribution in [3.05, 3.63) is 29.6 Å². The monoisotopic (exact) mass is 298 g/mol. The van der Waals surface area contributed by atoms with Gasteiger partial charge in [0.1, 0.15) is 18.9 Å². The topological polar surface area (TPSA) is 98.9 Å². The standard InChI is InChI=1S/C13H15FN2O5/c1-20-11(17)6-16(7-12(18)21-2)13(19)8-3-4-10(15)9(14)5-8/h3-5H,6-7,15H2,1-2H3. The Labute approximate surface area is 120 Å². The summed E-state index contributed by atoms with van der Waals surface area (Å²) in [7, 11) is 2.29. The highest BCUT2D eigenvalue weighted by molar-refractivity contribution is 5.98. The molecule has 2 N–H and O–H groups in total. The molecule has 0 spiro atoms. The molecule has 8 heteroatoms. The molecule has 0 atom stereocenters. The number of nitrogens with zero attached hydrogens (tertiary/aromatic N) is 1. The fourth-order valence-corrected chi connectivity index (χ4v) is 1.48. The first-order valence-electron chi connectivity index (χ1n) is 5.87. The molecule has 7 nitrogen and oxygen atoms in total. The summed E-state index contributed by atoms with van der Waals surface area (Å²) >= 11 is 0. The Morgan fingerprint density at radius 2 is 1.67 bits per heavy atom. The maximum absolute atomic E-state index is 13.4. The number of hydrogen-bond acceptors (Lipinski definition) is 6. The first kappa shape index (κ1) is 16.4. The first-order chi connectivity index (χ1) is 9.88. The molecule has 0 saturated carbocycles.